The van der Waals surface area contributed by atoms with Crippen molar-refractivity contribution in [2.75, 3.05) is 12.4 Å². The number of ether oxygens (including phenoxy) is 1. The highest BCUT2D eigenvalue weighted by Gasteiger charge is 2.17. The zero-order valence-electron chi connectivity index (χ0n) is 18.6. The summed E-state index contributed by atoms with van der Waals surface area (Å²) in [6, 6.07) is 26.8. The maximum absolute atomic E-state index is 12.8. The maximum atomic E-state index is 12.8. The van der Waals surface area contributed by atoms with E-state index in [1.54, 1.807) is 48.5 Å². The smallest absolute Gasteiger partial charge is 0.339 e. The van der Waals surface area contributed by atoms with E-state index in [0.717, 1.165) is 10.8 Å². The number of carbonyl (C=O) groups is 1. The molecule has 0 radical (unpaired) electrons. The van der Waals surface area contributed by atoms with Crippen LogP contribution < -0.4 is 14.2 Å². The Bertz CT molecular complexity index is 1570. The van der Waals surface area contributed by atoms with E-state index in [1.165, 1.54) is 31.4 Å². The minimum Gasteiger partial charge on any atom is -0.497 e. The van der Waals surface area contributed by atoms with Gasteiger partial charge >= 0.3 is 10.1 Å². The van der Waals surface area contributed by atoms with Crippen molar-refractivity contribution in [2.45, 2.75) is 4.90 Å². The molecule has 7 nitrogen and oxygen atoms in total. The van der Waals surface area contributed by atoms with Gasteiger partial charge in [0, 0.05) is 5.69 Å². The molecule has 4 aromatic carbocycles. The normalized spacial score (nSPS) is 11.5. The van der Waals surface area contributed by atoms with E-state index in [1.807, 2.05) is 30.3 Å². The number of benzene rings is 4. The van der Waals surface area contributed by atoms with Crippen molar-refractivity contribution >= 4 is 38.6 Å². The van der Waals surface area contributed by atoms with Gasteiger partial charge in [0.1, 0.15) is 28.0 Å². The Balaban J connectivity index is 1.53. The van der Waals surface area contributed by atoms with Crippen molar-refractivity contribution in [3.63, 3.8) is 0 Å². The third-order valence-electron chi connectivity index (χ3n) is 5.10. The van der Waals surface area contributed by atoms with E-state index >= 15 is 0 Å². The molecular weight excluding hydrogens is 464 g/mol. The number of hydrogen-bond acceptors (Lipinski definition) is 6. The first kappa shape index (κ1) is 23.5. The lowest BCUT2D eigenvalue weighted by Crippen LogP contribution is -2.13. The van der Waals surface area contributed by atoms with Gasteiger partial charge in [-0.05, 0) is 70.9 Å². The summed E-state index contributed by atoms with van der Waals surface area (Å²) >= 11 is 0. The zero-order chi connectivity index (χ0) is 24.8. The monoisotopic (exact) mass is 484 g/mol. The second-order valence-electron chi connectivity index (χ2n) is 7.47. The molecule has 0 fully saturated rings. The van der Waals surface area contributed by atoms with Gasteiger partial charge in [-0.1, -0.05) is 42.5 Å². The summed E-state index contributed by atoms with van der Waals surface area (Å²) in [5.74, 6) is 0.0852. The summed E-state index contributed by atoms with van der Waals surface area (Å²) in [6.07, 6.45) is 1.36. The third kappa shape index (κ3) is 5.66. The van der Waals surface area contributed by atoms with Crippen LogP contribution in [0.15, 0.2) is 101 Å². The summed E-state index contributed by atoms with van der Waals surface area (Å²) in [5.41, 5.74) is 0.767. The Morgan fingerprint density at radius 1 is 0.886 bits per heavy atom. The van der Waals surface area contributed by atoms with E-state index in [2.05, 4.69) is 5.32 Å². The first-order valence-corrected chi connectivity index (χ1v) is 11.9. The molecule has 0 atom stereocenters. The Labute approximate surface area is 203 Å². The van der Waals surface area contributed by atoms with Crippen molar-refractivity contribution in [2.24, 2.45) is 0 Å². The largest absolute Gasteiger partial charge is 0.497 e. The molecule has 0 aliphatic rings. The quantitative estimate of drug-likeness (QED) is 0.221. The molecule has 0 saturated heterocycles. The van der Waals surface area contributed by atoms with Crippen LogP contribution in [0.1, 0.15) is 5.56 Å². The van der Waals surface area contributed by atoms with Crippen LogP contribution in [-0.2, 0) is 14.9 Å². The number of nitrogens with one attached hydrogen (secondary N) is 1. The molecule has 0 unspecified atom stereocenters. The summed E-state index contributed by atoms with van der Waals surface area (Å²) in [6.45, 7) is 0. The Hall–Kier alpha value is -4.61. The average molecular weight is 485 g/mol. The van der Waals surface area contributed by atoms with E-state index in [4.69, 9.17) is 8.92 Å². The van der Waals surface area contributed by atoms with Crippen LogP contribution in [0.25, 0.3) is 16.8 Å². The van der Waals surface area contributed by atoms with Gasteiger partial charge in [0.05, 0.1) is 7.11 Å². The molecule has 0 aliphatic carbocycles. The van der Waals surface area contributed by atoms with Crippen LogP contribution >= 0.6 is 0 Å². The van der Waals surface area contributed by atoms with Crippen LogP contribution in [0.3, 0.4) is 0 Å². The van der Waals surface area contributed by atoms with Gasteiger partial charge in [-0.15, -0.1) is 0 Å². The minimum absolute atomic E-state index is 0.0220. The van der Waals surface area contributed by atoms with Gasteiger partial charge in [-0.25, -0.2) is 0 Å². The molecule has 1 amide bonds. The van der Waals surface area contributed by atoms with Crippen LogP contribution in [0.4, 0.5) is 5.69 Å². The Kier molecular flexibility index (Phi) is 6.81. The summed E-state index contributed by atoms with van der Waals surface area (Å²) in [4.78, 5) is 12.6. The highest BCUT2D eigenvalue weighted by atomic mass is 32.2. The Morgan fingerprint density at radius 2 is 1.63 bits per heavy atom. The molecule has 0 spiro atoms. The number of fused-ring (bicyclic) bond motifs is 1. The second kappa shape index (κ2) is 10.1. The number of nitrogens with zero attached hydrogens (tertiary/aromatic N) is 1. The summed E-state index contributed by atoms with van der Waals surface area (Å²) in [7, 11) is -2.56. The molecule has 174 valence electrons. The fourth-order valence-corrected chi connectivity index (χ4v) is 4.30. The SMILES string of the molecule is COc1ccc(NC(=O)/C(C#N)=C/c2cccc(OS(=O)(=O)c3ccc4ccccc4c3)c2)cc1. The number of rotatable bonds is 7. The molecule has 0 aromatic heterocycles. The van der Waals surface area contributed by atoms with Crippen LogP contribution in [0.5, 0.6) is 11.5 Å². The molecule has 0 saturated carbocycles. The topological polar surface area (TPSA) is 105 Å². The molecule has 0 aliphatic heterocycles. The fourth-order valence-electron chi connectivity index (χ4n) is 3.34. The lowest BCUT2D eigenvalue weighted by Gasteiger charge is -2.09. The van der Waals surface area contributed by atoms with Crippen molar-refractivity contribution < 1.29 is 22.1 Å². The van der Waals surface area contributed by atoms with Crippen molar-refractivity contribution in [1.82, 2.24) is 0 Å². The Morgan fingerprint density at radius 3 is 2.34 bits per heavy atom. The standard InChI is InChI=1S/C27H20N2O5S/c1-33-24-12-10-23(11-13-24)29-27(30)22(18-28)15-19-5-4-8-25(16-19)34-35(31,32)26-14-9-20-6-2-3-7-21(20)17-26/h2-17H,1H3,(H,29,30)/b22-15+. The van der Waals surface area contributed by atoms with Gasteiger partial charge in [0.15, 0.2) is 0 Å². The van der Waals surface area contributed by atoms with Crippen LogP contribution in [0.2, 0.25) is 0 Å². The lowest BCUT2D eigenvalue weighted by atomic mass is 10.1. The molecule has 35 heavy (non-hydrogen) atoms. The lowest BCUT2D eigenvalue weighted by molar-refractivity contribution is -0.112. The number of nitriles is 1. The van der Waals surface area contributed by atoms with Crippen LogP contribution in [-0.4, -0.2) is 21.4 Å². The number of hydrogen-bond donors (Lipinski definition) is 1. The zero-order valence-corrected chi connectivity index (χ0v) is 19.5. The van der Waals surface area contributed by atoms with Crippen molar-refractivity contribution in [3.05, 3.63) is 102 Å². The summed E-state index contributed by atoms with van der Waals surface area (Å²) in [5, 5.41) is 13.8. The molecule has 1 N–H and O–H groups in total. The predicted molar refractivity (Wildman–Crippen MR) is 133 cm³/mol. The highest BCUT2D eigenvalue weighted by Crippen LogP contribution is 2.24. The molecule has 4 aromatic rings. The van der Waals surface area contributed by atoms with Gasteiger partial charge in [0.25, 0.3) is 5.91 Å². The number of methoxy groups -OCH3 is 1. The molecule has 0 bridgehead atoms. The molecule has 8 heteroatoms. The maximum Gasteiger partial charge on any atom is 0.339 e. The van der Waals surface area contributed by atoms with E-state index in [-0.39, 0.29) is 16.2 Å². The van der Waals surface area contributed by atoms with E-state index in [0.29, 0.717) is 17.0 Å². The third-order valence-corrected chi connectivity index (χ3v) is 6.34. The highest BCUT2D eigenvalue weighted by molar-refractivity contribution is 7.87. The first-order valence-electron chi connectivity index (χ1n) is 10.5. The van der Waals surface area contributed by atoms with Gasteiger partial charge < -0.3 is 14.2 Å². The number of amides is 1. The predicted octanol–water partition coefficient (Wildman–Crippen LogP) is 5.16. The summed E-state index contributed by atoms with van der Waals surface area (Å²) < 4.78 is 36.1. The van der Waals surface area contributed by atoms with E-state index in [9.17, 15) is 18.5 Å². The molecule has 4 rings (SSSR count). The fraction of sp³-hybridized carbons (Fsp3) is 0.0370. The average Bonchev–Trinajstić information content (AvgIpc) is 2.87. The number of carbonyl (C=O) groups excluding carboxylic acids is 1. The van der Waals surface area contributed by atoms with Crippen molar-refractivity contribution in [1.29, 1.82) is 5.26 Å². The van der Waals surface area contributed by atoms with Crippen molar-refractivity contribution in [3.8, 4) is 17.6 Å². The van der Waals surface area contributed by atoms with E-state index < -0.39 is 16.0 Å². The second-order valence-corrected chi connectivity index (χ2v) is 9.02. The minimum atomic E-state index is -4.09. The van der Waals surface area contributed by atoms with Gasteiger partial charge in [0.2, 0.25) is 0 Å². The van der Waals surface area contributed by atoms with Gasteiger partial charge in [-0.3, -0.25) is 4.79 Å². The number of anilines is 1. The molecular formula is C27H20N2O5S. The van der Waals surface area contributed by atoms with Crippen LogP contribution in [0, 0.1) is 11.3 Å². The first-order chi connectivity index (χ1) is 16.9. The molecule has 0 heterocycles. The van der Waals surface area contributed by atoms with Gasteiger partial charge in [-0.2, -0.15) is 13.7 Å².